The minimum atomic E-state index is -0.981. The third-order valence-electron chi connectivity index (χ3n) is 1.83. The van der Waals surface area contributed by atoms with Crippen molar-refractivity contribution in [3.8, 4) is 0 Å². The Labute approximate surface area is 118 Å². The SMILES string of the molecule is C=C(C)C(=O)O.C=CC(=O)O.OCCCC(CO)CO. The summed E-state index contributed by atoms with van der Waals surface area (Å²) < 4.78 is 0. The maximum Gasteiger partial charge on any atom is 0.330 e. The summed E-state index contributed by atoms with van der Waals surface area (Å²) in [6, 6.07) is 0. The summed E-state index contributed by atoms with van der Waals surface area (Å²) in [6.07, 6.45) is 2.19. The lowest BCUT2D eigenvalue weighted by Crippen LogP contribution is -2.11. The van der Waals surface area contributed by atoms with Gasteiger partial charge in [-0.25, -0.2) is 9.59 Å². The van der Waals surface area contributed by atoms with E-state index in [4.69, 9.17) is 25.5 Å². The molecule has 118 valence electrons. The summed E-state index contributed by atoms with van der Waals surface area (Å²) in [5.41, 5.74) is 0.176. The van der Waals surface area contributed by atoms with Crippen LogP contribution in [0.1, 0.15) is 19.8 Å². The van der Waals surface area contributed by atoms with Gasteiger partial charge in [-0.15, -0.1) is 0 Å². The maximum atomic E-state index is 9.60. The van der Waals surface area contributed by atoms with E-state index in [-0.39, 0.29) is 31.3 Å². The molecule has 0 amide bonds. The van der Waals surface area contributed by atoms with Crippen LogP contribution < -0.4 is 0 Å². The molecule has 0 saturated heterocycles. The highest BCUT2D eigenvalue weighted by Gasteiger charge is 2.03. The monoisotopic (exact) mass is 292 g/mol. The van der Waals surface area contributed by atoms with Crippen molar-refractivity contribution in [2.45, 2.75) is 19.8 Å². The van der Waals surface area contributed by atoms with Crippen molar-refractivity contribution in [2.75, 3.05) is 19.8 Å². The molecule has 0 atom stereocenters. The van der Waals surface area contributed by atoms with Gasteiger partial charge >= 0.3 is 11.9 Å². The molecule has 0 rings (SSSR count). The van der Waals surface area contributed by atoms with E-state index in [2.05, 4.69) is 13.2 Å². The van der Waals surface area contributed by atoms with E-state index in [9.17, 15) is 9.59 Å². The van der Waals surface area contributed by atoms with E-state index < -0.39 is 11.9 Å². The number of aliphatic carboxylic acids is 2. The van der Waals surface area contributed by atoms with Crippen molar-refractivity contribution in [1.82, 2.24) is 0 Å². The van der Waals surface area contributed by atoms with Crippen molar-refractivity contribution in [1.29, 1.82) is 0 Å². The van der Waals surface area contributed by atoms with E-state index >= 15 is 0 Å². The number of carboxylic acid groups (broad SMARTS) is 2. The zero-order chi connectivity index (χ0) is 16.6. The Morgan fingerprint density at radius 1 is 1.15 bits per heavy atom. The van der Waals surface area contributed by atoms with Crippen molar-refractivity contribution in [3.05, 3.63) is 24.8 Å². The van der Waals surface area contributed by atoms with Gasteiger partial charge in [0.05, 0.1) is 0 Å². The van der Waals surface area contributed by atoms with Crippen molar-refractivity contribution in [2.24, 2.45) is 5.92 Å². The second kappa shape index (κ2) is 17.3. The fourth-order valence-electron chi connectivity index (χ4n) is 0.620. The molecule has 20 heavy (non-hydrogen) atoms. The molecule has 7 nitrogen and oxygen atoms in total. The zero-order valence-corrected chi connectivity index (χ0v) is 11.7. The lowest BCUT2D eigenvalue weighted by Gasteiger charge is -2.07. The predicted molar refractivity (Wildman–Crippen MR) is 74.3 cm³/mol. The van der Waals surface area contributed by atoms with E-state index in [1.165, 1.54) is 6.92 Å². The molecule has 0 heterocycles. The number of carbonyl (C=O) groups is 2. The number of aliphatic hydroxyl groups is 3. The Morgan fingerprint density at radius 3 is 1.65 bits per heavy atom. The first-order valence-corrected chi connectivity index (χ1v) is 5.83. The zero-order valence-electron chi connectivity index (χ0n) is 11.7. The summed E-state index contributed by atoms with van der Waals surface area (Å²) in [6.45, 7) is 7.72. The molecule has 0 aromatic rings. The number of carboxylic acids is 2. The van der Waals surface area contributed by atoms with Gasteiger partial charge in [0.15, 0.2) is 0 Å². The molecule has 0 aromatic carbocycles. The Kier molecular flexibility index (Phi) is 20.2. The minimum Gasteiger partial charge on any atom is -0.478 e. The molecule has 7 heteroatoms. The van der Waals surface area contributed by atoms with Gasteiger partial charge in [0.2, 0.25) is 0 Å². The van der Waals surface area contributed by atoms with Crippen LogP contribution in [0.3, 0.4) is 0 Å². The number of aliphatic hydroxyl groups excluding tert-OH is 3. The lowest BCUT2D eigenvalue weighted by atomic mass is 10.1. The molecule has 0 spiro atoms. The smallest absolute Gasteiger partial charge is 0.330 e. The molecule has 0 aliphatic rings. The Hall–Kier alpha value is -1.70. The van der Waals surface area contributed by atoms with Crippen LogP contribution in [0.5, 0.6) is 0 Å². The topological polar surface area (TPSA) is 135 Å². The summed E-state index contributed by atoms with van der Waals surface area (Å²) in [5.74, 6) is -1.96. The molecule has 0 unspecified atom stereocenters. The first-order chi connectivity index (χ1) is 9.26. The quantitative estimate of drug-likeness (QED) is 0.425. The van der Waals surface area contributed by atoms with E-state index in [0.717, 1.165) is 6.08 Å². The first kappa shape index (κ1) is 23.4. The van der Waals surface area contributed by atoms with E-state index in [1.807, 2.05) is 0 Å². The molecule has 0 radical (unpaired) electrons. The molecule has 0 aliphatic carbocycles. The molecule has 0 bridgehead atoms. The van der Waals surface area contributed by atoms with Crippen LogP contribution in [0, 0.1) is 5.92 Å². The normalized spacial score (nSPS) is 8.65. The fourth-order valence-corrected chi connectivity index (χ4v) is 0.620. The highest BCUT2D eigenvalue weighted by molar-refractivity contribution is 5.84. The Morgan fingerprint density at radius 2 is 1.50 bits per heavy atom. The molecular weight excluding hydrogens is 268 g/mol. The van der Waals surface area contributed by atoms with Gasteiger partial charge in [0, 0.05) is 37.4 Å². The second-order valence-electron chi connectivity index (χ2n) is 3.72. The van der Waals surface area contributed by atoms with Gasteiger partial charge in [0.1, 0.15) is 0 Å². The van der Waals surface area contributed by atoms with Crippen LogP contribution in [0.15, 0.2) is 24.8 Å². The second-order valence-corrected chi connectivity index (χ2v) is 3.72. The van der Waals surface area contributed by atoms with Gasteiger partial charge in [0.25, 0.3) is 0 Å². The number of hydrogen-bond donors (Lipinski definition) is 5. The average Bonchev–Trinajstić information content (AvgIpc) is 2.41. The highest BCUT2D eigenvalue weighted by Crippen LogP contribution is 2.02. The summed E-state index contributed by atoms with van der Waals surface area (Å²) >= 11 is 0. The van der Waals surface area contributed by atoms with Crippen molar-refractivity contribution >= 4 is 11.9 Å². The summed E-state index contributed by atoms with van der Waals surface area (Å²) in [7, 11) is 0. The maximum absolute atomic E-state index is 9.60. The van der Waals surface area contributed by atoms with E-state index in [0.29, 0.717) is 12.8 Å². The fraction of sp³-hybridized carbons (Fsp3) is 0.538. The number of hydrogen-bond acceptors (Lipinski definition) is 5. The van der Waals surface area contributed by atoms with Gasteiger partial charge in [-0.1, -0.05) is 13.2 Å². The standard InChI is InChI=1S/C6H14O3.C4H6O2.C3H4O2/c7-3-1-2-6(4-8)5-9;1-3(2)4(5)6;1-2-3(4)5/h6-9H,1-5H2;1H2,2H3,(H,5,6);2H,1H2,(H,4,5). The first-order valence-electron chi connectivity index (χ1n) is 5.83. The van der Waals surface area contributed by atoms with Crippen molar-refractivity contribution < 1.29 is 35.1 Å². The van der Waals surface area contributed by atoms with Crippen LogP contribution in [0.2, 0.25) is 0 Å². The number of rotatable bonds is 7. The summed E-state index contributed by atoms with van der Waals surface area (Å²) in [5, 5.41) is 40.9. The average molecular weight is 292 g/mol. The van der Waals surface area contributed by atoms with Gasteiger partial charge in [-0.2, -0.15) is 0 Å². The molecule has 0 aliphatic heterocycles. The van der Waals surface area contributed by atoms with Crippen LogP contribution in [-0.2, 0) is 9.59 Å². The minimum absolute atomic E-state index is 0.0104. The van der Waals surface area contributed by atoms with E-state index in [1.54, 1.807) is 0 Å². The van der Waals surface area contributed by atoms with Gasteiger partial charge < -0.3 is 25.5 Å². The van der Waals surface area contributed by atoms with Crippen LogP contribution in [-0.4, -0.2) is 57.3 Å². The third kappa shape index (κ3) is 25.2. The third-order valence-corrected chi connectivity index (χ3v) is 1.83. The van der Waals surface area contributed by atoms with Crippen molar-refractivity contribution in [3.63, 3.8) is 0 Å². The Balaban J connectivity index is -0.000000230. The van der Waals surface area contributed by atoms with Gasteiger partial charge in [-0.05, 0) is 19.8 Å². The van der Waals surface area contributed by atoms with Crippen LogP contribution in [0.4, 0.5) is 0 Å². The van der Waals surface area contributed by atoms with Crippen LogP contribution >= 0.6 is 0 Å². The largest absolute Gasteiger partial charge is 0.478 e. The molecule has 0 aromatic heterocycles. The molecule has 0 fully saturated rings. The molecule has 0 saturated carbocycles. The van der Waals surface area contributed by atoms with Gasteiger partial charge in [-0.3, -0.25) is 0 Å². The summed E-state index contributed by atoms with van der Waals surface area (Å²) in [4.78, 5) is 18.8. The molecule has 5 N–H and O–H groups in total. The Bertz CT molecular complexity index is 270. The predicted octanol–water partition coefficient (Wildman–Crippen LogP) is 0.264. The lowest BCUT2D eigenvalue weighted by molar-refractivity contribution is -0.133. The highest BCUT2D eigenvalue weighted by atomic mass is 16.4. The van der Waals surface area contributed by atoms with Crippen LogP contribution in [0.25, 0.3) is 0 Å². The molecular formula is C13H24O7.